The summed E-state index contributed by atoms with van der Waals surface area (Å²) in [6, 6.07) is 0.311. The molecular weight excluding hydrogens is 265 g/mol. The van der Waals surface area contributed by atoms with Crippen molar-refractivity contribution in [3.05, 3.63) is 0 Å². The third-order valence-electron chi connectivity index (χ3n) is 4.97. The second-order valence-corrected chi connectivity index (χ2v) is 9.06. The van der Waals surface area contributed by atoms with Gasteiger partial charge in [-0.05, 0) is 32.6 Å². The Balaban J connectivity index is 2.11. The number of hydrogen-bond acceptors (Lipinski definition) is 3. The molecule has 0 radical (unpaired) electrons. The van der Waals surface area contributed by atoms with Gasteiger partial charge < -0.3 is 5.32 Å². The molecule has 2 heterocycles. The second-order valence-electron chi connectivity index (χ2n) is 9.06. The number of nitrogens with zero attached hydrogens (tertiary/aromatic N) is 2. The van der Waals surface area contributed by atoms with Crippen molar-refractivity contribution < 1.29 is 4.39 Å². The van der Waals surface area contributed by atoms with Gasteiger partial charge in [0.1, 0.15) is 5.67 Å². The monoisotopic (exact) mass is 299 g/mol. The fraction of sp³-hybridized carbons (Fsp3) is 1.00. The summed E-state index contributed by atoms with van der Waals surface area (Å²) in [5, 5.41) is 3.34. The Morgan fingerprint density at radius 1 is 1.10 bits per heavy atom. The van der Waals surface area contributed by atoms with Gasteiger partial charge in [-0.3, -0.25) is 9.80 Å². The van der Waals surface area contributed by atoms with Crippen molar-refractivity contribution in [2.24, 2.45) is 5.41 Å². The Morgan fingerprint density at radius 2 is 1.67 bits per heavy atom. The molecule has 2 saturated heterocycles. The number of rotatable bonds is 2. The van der Waals surface area contributed by atoms with Crippen molar-refractivity contribution in [2.45, 2.75) is 65.2 Å². The van der Waals surface area contributed by atoms with Gasteiger partial charge in [0.2, 0.25) is 0 Å². The minimum atomic E-state index is -1.07. The van der Waals surface area contributed by atoms with E-state index >= 15 is 4.39 Å². The quantitative estimate of drug-likeness (QED) is 0.845. The largest absolute Gasteiger partial charge is 0.314 e. The van der Waals surface area contributed by atoms with Crippen molar-refractivity contribution in [2.75, 3.05) is 39.3 Å². The van der Waals surface area contributed by atoms with E-state index in [2.05, 4.69) is 56.7 Å². The number of piperazine rings is 1. The number of alkyl halides is 1. The Hall–Kier alpha value is -0.190. The molecule has 2 aliphatic heterocycles. The maximum atomic E-state index is 15.6. The molecule has 1 unspecified atom stereocenters. The molecule has 0 aromatic carbocycles. The number of hydrogen-bond donors (Lipinski definition) is 1. The first-order valence-corrected chi connectivity index (χ1v) is 8.40. The summed E-state index contributed by atoms with van der Waals surface area (Å²) in [4.78, 5) is 4.69. The molecule has 1 N–H and O–H groups in total. The van der Waals surface area contributed by atoms with Crippen LogP contribution in [0.25, 0.3) is 0 Å². The van der Waals surface area contributed by atoms with E-state index in [1.807, 2.05) is 0 Å². The van der Waals surface area contributed by atoms with Gasteiger partial charge in [0.15, 0.2) is 0 Å². The summed E-state index contributed by atoms with van der Waals surface area (Å²) in [6.45, 7) is 18.4. The normalized spacial score (nSPS) is 33.6. The molecule has 2 fully saturated rings. The molecule has 2 aliphatic rings. The molecule has 2 rings (SSSR count). The highest BCUT2D eigenvalue weighted by molar-refractivity contribution is 5.05. The van der Waals surface area contributed by atoms with Crippen molar-refractivity contribution in [1.29, 1.82) is 0 Å². The number of likely N-dealkylation sites (tertiary alicyclic amines) is 1. The van der Waals surface area contributed by atoms with E-state index in [-0.39, 0.29) is 11.0 Å². The first kappa shape index (κ1) is 17.2. The molecule has 0 amide bonds. The van der Waals surface area contributed by atoms with Gasteiger partial charge >= 0.3 is 0 Å². The molecule has 0 aliphatic carbocycles. The lowest BCUT2D eigenvalue weighted by molar-refractivity contribution is 0.0480. The van der Waals surface area contributed by atoms with Crippen LogP contribution in [0.1, 0.15) is 48.0 Å². The molecule has 0 spiro atoms. The predicted molar refractivity (Wildman–Crippen MR) is 87.5 cm³/mol. The molecule has 0 bridgehead atoms. The van der Waals surface area contributed by atoms with Crippen molar-refractivity contribution >= 4 is 0 Å². The molecule has 0 aromatic heterocycles. The fourth-order valence-electron chi connectivity index (χ4n) is 3.80. The first-order chi connectivity index (χ1) is 9.51. The van der Waals surface area contributed by atoms with Crippen LogP contribution in [0.2, 0.25) is 0 Å². The van der Waals surface area contributed by atoms with E-state index in [1.54, 1.807) is 0 Å². The average Bonchev–Trinajstić information content (AvgIpc) is 2.68. The van der Waals surface area contributed by atoms with E-state index in [0.29, 0.717) is 25.6 Å². The van der Waals surface area contributed by atoms with Crippen LogP contribution in [0, 0.1) is 5.41 Å². The van der Waals surface area contributed by atoms with E-state index in [4.69, 9.17) is 0 Å². The van der Waals surface area contributed by atoms with Crippen molar-refractivity contribution in [1.82, 2.24) is 15.1 Å². The van der Waals surface area contributed by atoms with Gasteiger partial charge in [-0.1, -0.05) is 20.8 Å². The zero-order chi connectivity index (χ0) is 15.9. The standard InChI is InChI=1S/C17H34FN3/c1-15(2,3)14-11-17(18,13-21(14)16(4,5)6)12-20-9-7-19-8-10-20/h14,19H,7-13H2,1-6H3/t14-,17?/m0/s1. The topological polar surface area (TPSA) is 18.5 Å². The zero-order valence-corrected chi connectivity index (χ0v) is 14.8. The summed E-state index contributed by atoms with van der Waals surface area (Å²) < 4.78 is 15.6. The summed E-state index contributed by atoms with van der Waals surface area (Å²) in [5.74, 6) is 0. The van der Waals surface area contributed by atoms with Crippen LogP contribution in [0.4, 0.5) is 4.39 Å². The lowest BCUT2D eigenvalue weighted by Gasteiger charge is -2.42. The molecular formula is C17H34FN3. The van der Waals surface area contributed by atoms with Crippen LogP contribution in [-0.2, 0) is 0 Å². The van der Waals surface area contributed by atoms with Gasteiger partial charge in [0.25, 0.3) is 0 Å². The molecule has 0 aromatic rings. The molecule has 4 heteroatoms. The predicted octanol–water partition coefficient (Wildman–Crippen LogP) is 2.52. The van der Waals surface area contributed by atoms with Gasteiger partial charge in [0.05, 0.1) is 0 Å². The first-order valence-electron chi connectivity index (χ1n) is 8.40. The SMILES string of the molecule is CC(C)(C)[C@@H]1CC(F)(CN2CCNCC2)CN1C(C)(C)C. The minimum Gasteiger partial charge on any atom is -0.314 e. The Bertz CT molecular complexity index is 328. The van der Waals surface area contributed by atoms with Crippen LogP contribution >= 0.6 is 0 Å². The summed E-state index contributed by atoms with van der Waals surface area (Å²) >= 11 is 0. The van der Waals surface area contributed by atoms with E-state index in [9.17, 15) is 0 Å². The van der Waals surface area contributed by atoms with Gasteiger partial charge in [-0.15, -0.1) is 0 Å². The highest BCUT2D eigenvalue weighted by Gasteiger charge is 2.51. The average molecular weight is 299 g/mol. The van der Waals surface area contributed by atoms with Crippen molar-refractivity contribution in [3.63, 3.8) is 0 Å². The Morgan fingerprint density at radius 3 is 2.10 bits per heavy atom. The molecule has 0 saturated carbocycles. The third-order valence-corrected chi connectivity index (χ3v) is 4.97. The maximum Gasteiger partial charge on any atom is 0.137 e. The van der Waals surface area contributed by atoms with Crippen LogP contribution in [0.3, 0.4) is 0 Å². The molecule has 21 heavy (non-hydrogen) atoms. The lowest BCUT2D eigenvalue weighted by Crippen LogP contribution is -2.51. The number of halogens is 1. The lowest BCUT2D eigenvalue weighted by atomic mass is 9.82. The second kappa shape index (κ2) is 5.78. The Kier molecular flexibility index (Phi) is 4.73. The van der Waals surface area contributed by atoms with Gasteiger partial charge in [0, 0.05) is 50.8 Å². The van der Waals surface area contributed by atoms with Crippen LogP contribution in [-0.4, -0.2) is 66.3 Å². The van der Waals surface area contributed by atoms with Crippen LogP contribution in [0.15, 0.2) is 0 Å². The van der Waals surface area contributed by atoms with Crippen LogP contribution < -0.4 is 5.32 Å². The van der Waals surface area contributed by atoms with Crippen LogP contribution in [0.5, 0.6) is 0 Å². The summed E-state index contributed by atoms with van der Waals surface area (Å²) in [5.41, 5.74) is -0.928. The highest BCUT2D eigenvalue weighted by Crippen LogP contribution is 2.43. The maximum absolute atomic E-state index is 15.6. The van der Waals surface area contributed by atoms with Crippen molar-refractivity contribution in [3.8, 4) is 0 Å². The highest BCUT2D eigenvalue weighted by atomic mass is 19.1. The van der Waals surface area contributed by atoms with Gasteiger partial charge in [-0.25, -0.2) is 4.39 Å². The fourth-order valence-corrected chi connectivity index (χ4v) is 3.80. The minimum absolute atomic E-state index is 0.0231. The summed E-state index contributed by atoms with van der Waals surface area (Å²) in [7, 11) is 0. The molecule has 2 atom stereocenters. The smallest absolute Gasteiger partial charge is 0.137 e. The summed E-state index contributed by atoms with van der Waals surface area (Å²) in [6.07, 6.45) is 0.664. The van der Waals surface area contributed by atoms with E-state index < -0.39 is 5.67 Å². The van der Waals surface area contributed by atoms with E-state index in [1.165, 1.54) is 0 Å². The van der Waals surface area contributed by atoms with Gasteiger partial charge in [-0.2, -0.15) is 0 Å². The van der Waals surface area contributed by atoms with E-state index in [0.717, 1.165) is 26.2 Å². The Labute approximate surface area is 130 Å². The molecule has 3 nitrogen and oxygen atoms in total. The molecule has 124 valence electrons. The third kappa shape index (κ3) is 4.17. The number of nitrogens with one attached hydrogen (secondary N) is 1. The zero-order valence-electron chi connectivity index (χ0n) is 14.8.